The first-order chi connectivity index (χ1) is 17.8. The Balaban J connectivity index is 1.71. The summed E-state index contributed by atoms with van der Waals surface area (Å²) in [5.41, 5.74) is 3.10. The lowest BCUT2D eigenvalue weighted by molar-refractivity contribution is 0.0932. The van der Waals surface area contributed by atoms with Gasteiger partial charge in [0.15, 0.2) is 28.4 Å². The predicted molar refractivity (Wildman–Crippen MR) is 144 cm³/mol. The number of rotatable bonds is 10. The molecule has 2 heterocycles. The van der Waals surface area contributed by atoms with Crippen LogP contribution in [0, 0.1) is 5.41 Å². The molecule has 1 aromatic heterocycles. The van der Waals surface area contributed by atoms with Crippen molar-refractivity contribution in [1.29, 1.82) is 5.41 Å². The summed E-state index contributed by atoms with van der Waals surface area (Å²) in [5, 5.41) is 9.23. The van der Waals surface area contributed by atoms with E-state index in [-0.39, 0.29) is 23.7 Å². The second-order valence-electron chi connectivity index (χ2n) is 9.62. The largest absolute Gasteiger partial charge is 0.494 e. The van der Waals surface area contributed by atoms with Gasteiger partial charge in [-0.1, -0.05) is 13.8 Å². The average molecular weight is 511 g/mol. The Labute approximate surface area is 218 Å². The highest BCUT2D eigenvalue weighted by atomic mass is 16.5. The Morgan fingerprint density at radius 3 is 2.27 bits per heavy atom. The molecular formula is C28H38N4O5. The number of anilines is 1. The maximum Gasteiger partial charge on any atom is 0.185 e. The van der Waals surface area contributed by atoms with Crippen molar-refractivity contribution in [2.24, 2.45) is 0 Å². The van der Waals surface area contributed by atoms with Gasteiger partial charge in [0.1, 0.15) is 12.3 Å². The van der Waals surface area contributed by atoms with Crippen LogP contribution < -0.4 is 24.6 Å². The molecule has 1 aliphatic heterocycles. The van der Waals surface area contributed by atoms with Crippen molar-refractivity contribution < 1.29 is 23.5 Å². The number of hydrogen-bond donors (Lipinski definition) is 1. The van der Waals surface area contributed by atoms with E-state index >= 15 is 0 Å². The lowest BCUT2D eigenvalue weighted by Gasteiger charge is -2.35. The molecule has 1 aliphatic rings. The molecule has 1 fully saturated rings. The second-order valence-corrected chi connectivity index (χ2v) is 9.62. The van der Waals surface area contributed by atoms with Gasteiger partial charge in [-0.05, 0) is 50.6 Å². The standard InChI is InChI=1S/C28H38N4O5/c1-7-35-25-15-21-24(16-26(25)36-8-2)37-32(28(21)29)17-23(33)19-13-20(18(3)4)27(34-6)22(14-19)31-11-9-30(5)10-12-31/h13-16,18,29H,7-12,17H2,1-6H3. The van der Waals surface area contributed by atoms with Crippen molar-refractivity contribution in [3.8, 4) is 17.2 Å². The third-order valence-electron chi connectivity index (χ3n) is 6.74. The molecule has 9 nitrogen and oxygen atoms in total. The van der Waals surface area contributed by atoms with Gasteiger partial charge in [-0.25, -0.2) is 0 Å². The fourth-order valence-corrected chi connectivity index (χ4v) is 4.70. The Morgan fingerprint density at radius 2 is 1.68 bits per heavy atom. The molecule has 0 radical (unpaired) electrons. The highest BCUT2D eigenvalue weighted by Crippen LogP contribution is 2.38. The molecule has 0 atom stereocenters. The number of aromatic nitrogens is 1. The zero-order chi connectivity index (χ0) is 26.7. The molecular weight excluding hydrogens is 472 g/mol. The van der Waals surface area contributed by atoms with Gasteiger partial charge in [0, 0.05) is 37.8 Å². The second kappa shape index (κ2) is 11.3. The van der Waals surface area contributed by atoms with Crippen molar-refractivity contribution in [3.05, 3.63) is 40.9 Å². The number of fused-ring (bicyclic) bond motifs is 1. The van der Waals surface area contributed by atoms with E-state index in [0.29, 0.717) is 41.2 Å². The minimum Gasteiger partial charge on any atom is -0.494 e. The van der Waals surface area contributed by atoms with Gasteiger partial charge in [0.25, 0.3) is 0 Å². The van der Waals surface area contributed by atoms with Crippen molar-refractivity contribution in [2.75, 3.05) is 58.5 Å². The summed E-state index contributed by atoms with van der Waals surface area (Å²) < 4.78 is 24.5. The molecule has 200 valence electrons. The minimum absolute atomic E-state index is 0.0898. The van der Waals surface area contributed by atoms with E-state index in [1.165, 1.54) is 4.74 Å². The number of carbonyl (C=O) groups is 1. The van der Waals surface area contributed by atoms with Crippen LogP contribution in [0.3, 0.4) is 0 Å². The maximum absolute atomic E-state index is 13.6. The summed E-state index contributed by atoms with van der Waals surface area (Å²) in [6.45, 7) is 12.5. The summed E-state index contributed by atoms with van der Waals surface area (Å²) in [4.78, 5) is 18.1. The first-order valence-electron chi connectivity index (χ1n) is 12.9. The smallest absolute Gasteiger partial charge is 0.185 e. The first-order valence-corrected chi connectivity index (χ1v) is 12.9. The fraction of sp³-hybridized carbons (Fsp3) is 0.500. The van der Waals surface area contributed by atoms with Crippen LogP contribution in [-0.2, 0) is 6.54 Å². The monoisotopic (exact) mass is 510 g/mol. The Morgan fingerprint density at radius 1 is 1.03 bits per heavy atom. The number of methoxy groups -OCH3 is 1. The molecule has 3 aromatic rings. The summed E-state index contributed by atoms with van der Waals surface area (Å²) in [7, 11) is 3.80. The molecule has 0 amide bonds. The Kier molecular flexibility index (Phi) is 8.12. The zero-order valence-electron chi connectivity index (χ0n) is 22.7. The predicted octanol–water partition coefficient (Wildman–Crippen LogP) is 4.28. The van der Waals surface area contributed by atoms with Gasteiger partial charge in [0.05, 0.1) is 31.4 Å². The molecule has 1 saturated heterocycles. The molecule has 0 saturated carbocycles. The Bertz CT molecular complexity index is 1320. The lowest BCUT2D eigenvalue weighted by Crippen LogP contribution is -2.44. The summed E-state index contributed by atoms with van der Waals surface area (Å²) in [6, 6.07) is 7.30. The molecule has 1 N–H and O–H groups in total. The number of nitrogens with one attached hydrogen (secondary N) is 1. The number of Topliss-reactive ketones (excluding diaryl/α,β-unsaturated/α-hetero) is 1. The van der Waals surface area contributed by atoms with Gasteiger partial charge in [-0.2, -0.15) is 4.74 Å². The van der Waals surface area contributed by atoms with Crippen molar-refractivity contribution in [3.63, 3.8) is 0 Å². The number of ether oxygens (including phenoxy) is 3. The van der Waals surface area contributed by atoms with E-state index in [4.69, 9.17) is 24.1 Å². The van der Waals surface area contributed by atoms with Crippen LogP contribution in [0.2, 0.25) is 0 Å². The lowest BCUT2D eigenvalue weighted by atomic mass is 9.96. The van der Waals surface area contributed by atoms with E-state index in [0.717, 1.165) is 43.2 Å². The number of hydrogen-bond acceptors (Lipinski definition) is 8. The normalized spacial score (nSPS) is 14.4. The number of nitrogens with zero attached hydrogens (tertiary/aromatic N) is 3. The molecule has 37 heavy (non-hydrogen) atoms. The highest BCUT2D eigenvalue weighted by molar-refractivity contribution is 5.98. The van der Waals surface area contributed by atoms with E-state index in [9.17, 15) is 4.79 Å². The number of benzene rings is 2. The third-order valence-corrected chi connectivity index (χ3v) is 6.74. The molecule has 0 spiro atoms. The first kappa shape index (κ1) is 26.6. The fourth-order valence-electron chi connectivity index (χ4n) is 4.70. The third kappa shape index (κ3) is 5.46. The van der Waals surface area contributed by atoms with E-state index in [1.807, 2.05) is 26.0 Å². The van der Waals surface area contributed by atoms with Crippen LogP contribution in [0.5, 0.6) is 17.2 Å². The van der Waals surface area contributed by atoms with E-state index < -0.39 is 0 Å². The molecule has 2 aromatic carbocycles. The SMILES string of the molecule is CCOc1cc2on(CC(=O)c3cc(C(C)C)c(OC)c(N4CCN(C)CC4)c3)c(=N)c2cc1OCC. The zero-order valence-corrected chi connectivity index (χ0v) is 22.7. The highest BCUT2D eigenvalue weighted by Gasteiger charge is 2.24. The quantitative estimate of drug-likeness (QED) is 0.407. The van der Waals surface area contributed by atoms with Gasteiger partial charge in [0.2, 0.25) is 0 Å². The maximum atomic E-state index is 13.6. The summed E-state index contributed by atoms with van der Waals surface area (Å²) in [5.74, 6) is 1.97. The van der Waals surface area contributed by atoms with Crippen LogP contribution in [0.4, 0.5) is 5.69 Å². The number of ketones is 1. The molecule has 0 aliphatic carbocycles. The topological polar surface area (TPSA) is 93.2 Å². The van der Waals surface area contributed by atoms with Crippen LogP contribution in [-0.4, -0.2) is 69.0 Å². The Hall–Kier alpha value is -3.46. The minimum atomic E-state index is -0.132. The molecule has 0 unspecified atom stereocenters. The van der Waals surface area contributed by atoms with Gasteiger partial charge in [-0.3, -0.25) is 10.2 Å². The van der Waals surface area contributed by atoms with E-state index in [1.54, 1.807) is 19.2 Å². The number of piperazine rings is 1. The van der Waals surface area contributed by atoms with Crippen LogP contribution >= 0.6 is 0 Å². The summed E-state index contributed by atoms with van der Waals surface area (Å²) in [6.07, 6.45) is 0. The van der Waals surface area contributed by atoms with Crippen LogP contribution in [0.25, 0.3) is 11.0 Å². The van der Waals surface area contributed by atoms with Crippen molar-refractivity contribution in [2.45, 2.75) is 40.2 Å². The van der Waals surface area contributed by atoms with Crippen molar-refractivity contribution in [1.82, 2.24) is 9.64 Å². The summed E-state index contributed by atoms with van der Waals surface area (Å²) >= 11 is 0. The number of carbonyl (C=O) groups excluding carboxylic acids is 1. The molecule has 9 heteroatoms. The van der Waals surface area contributed by atoms with Crippen LogP contribution in [0.1, 0.15) is 49.5 Å². The van der Waals surface area contributed by atoms with Gasteiger partial charge >= 0.3 is 0 Å². The molecule has 0 bridgehead atoms. The molecule has 4 rings (SSSR count). The van der Waals surface area contributed by atoms with Crippen LogP contribution in [0.15, 0.2) is 28.8 Å². The van der Waals surface area contributed by atoms with Crippen molar-refractivity contribution >= 4 is 22.4 Å². The average Bonchev–Trinajstić information content (AvgIpc) is 3.17. The van der Waals surface area contributed by atoms with E-state index in [2.05, 4.69) is 30.7 Å². The van der Waals surface area contributed by atoms with Gasteiger partial charge < -0.3 is 28.5 Å². The van der Waals surface area contributed by atoms with Gasteiger partial charge in [-0.15, -0.1) is 0 Å². The number of likely N-dealkylation sites (N-methyl/N-ethyl adjacent to an activating group) is 1.